The summed E-state index contributed by atoms with van der Waals surface area (Å²) in [7, 11) is 2.96. The van der Waals surface area contributed by atoms with Gasteiger partial charge in [-0.15, -0.1) is 0 Å². The Morgan fingerprint density at radius 2 is 1.69 bits per heavy atom. The quantitative estimate of drug-likeness (QED) is 0.729. The van der Waals surface area contributed by atoms with E-state index in [-0.39, 0.29) is 5.75 Å². The maximum absolute atomic E-state index is 9.52. The lowest BCUT2D eigenvalue weighted by Gasteiger charge is -2.09. The van der Waals surface area contributed by atoms with Gasteiger partial charge in [-0.3, -0.25) is 0 Å². The van der Waals surface area contributed by atoms with Crippen LogP contribution >= 0.6 is 0 Å². The molecule has 0 heterocycles. The zero-order valence-electron chi connectivity index (χ0n) is 7.70. The van der Waals surface area contributed by atoms with Gasteiger partial charge in [0.15, 0.2) is 11.5 Å². The van der Waals surface area contributed by atoms with Gasteiger partial charge in [0, 0.05) is 6.54 Å². The highest BCUT2D eigenvalue weighted by atomic mass is 16.5. The summed E-state index contributed by atoms with van der Waals surface area (Å²) in [5.41, 5.74) is 6.31. The number of aromatic hydroxyl groups is 1. The van der Waals surface area contributed by atoms with Crippen LogP contribution in [-0.4, -0.2) is 19.3 Å². The van der Waals surface area contributed by atoms with Gasteiger partial charge in [-0.1, -0.05) is 0 Å². The summed E-state index contributed by atoms with van der Waals surface area (Å²) < 4.78 is 9.89. The van der Waals surface area contributed by atoms with Crippen molar-refractivity contribution in [2.45, 2.75) is 6.54 Å². The summed E-state index contributed by atoms with van der Waals surface area (Å²) in [5, 5.41) is 9.52. The average molecular weight is 183 g/mol. The molecular formula is C9H13NO3. The molecule has 0 spiro atoms. The van der Waals surface area contributed by atoms with Gasteiger partial charge in [-0.25, -0.2) is 0 Å². The molecule has 1 rings (SSSR count). The molecule has 72 valence electrons. The van der Waals surface area contributed by atoms with Gasteiger partial charge in [-0.05, 0) is 17.7 Å². The third-order valence-electron chi connectivity index (χ3n) is 1.78. The molecule has 0 saturated carbocycles. The Hall–Kier alpha value is -1.42. The molecule has 0 unspecified atom stereocenters. The Labute approximate surface area is 76.9 Å². The van der Waals surface area contributed by atoms with Gasteiger partial charge in [0.2, 0.25) is 5.75 Å². The van der Waals surface area contributed by atoms with Crippen LogP contribution in [0.15, 0.2) is 12.1 Å². The van der Waals surface area contributed by atoms with Gasteiger partial charge in [0.25, 0.3) is 0 Å². The summed E-state index contributed by atoms with van der Waals surface area (Å²) in [6.07, 6.45) is 0. The molecule has 0 fully saturated rings. The predicted molar refractivity (Wildman–Crippen MR) is 49.1 cm³/mol. The maximum atomic E-state index is 9.52. The number of hydrogen-bond acceptors (Lipinski definition) is 4. The molecule has 0 aliphatic heterocycles. The Morgan fingerprint density at radius 1 is 1.23 bits per heavy atom. The van der Waals surface area contributed by atoms with Gasteiger partial charge in [0.05, 0.1) is 14.2 Å². The van der Waals surface area contributed by atoms with E-state index in [4.69, 9.17) is 15.2 Å². The molecule has 1 aromatic carbocycles. The Morgan fingerprint density at radius 3 is 2.00 bits per heavy atom. The molecule has 13 heavy (non-hydrogen) atoms. The number of rotatable bonds is 3. The molecule has 0 aliphatic rings. The molecule has 3 N–H and O–H groups in total. The summed E-state index contributed by atoms with van der Waals surface area (Å²) in [4.78, 5) is 0. The van der Waals surface area contributed by atoms with Crippen molar-refractivity contribution in [3.63, 3.8) is 0 Å². The third kappa shape index (κ3) is 1.84. The first-order valence-electron chi connectivity index (χ1n) is 3.86. The smallest absolute Gasteiger partial charge is 0.200 e. The van der Waals surface area contributed by atoms with Crippen LogP contribution in [0, 0.1) is 0 Å². The molecule has 0 amide bonds. The van der Waals surface area contributed by atoms with Crippen molar-refractivity contribution in [1.82, 2.24) is 0 Å². The molecule has 0 bridgehead atoms. The fraction of sp³-hybridized carbons (Fsp3) is 0.333. The second-order valence-corrected chi connectivity index (χ2v) is 2.55. The molecule has 0 aromatic heterocycles. The number of benzene rings is 1. The number of hydrogen-bond donors (Lipinski definition) is 2. The Bertz CT molecular complexity index is 274. The number of ether oxygens (including phenoxy) is 2. The van der Waals surface area contributed by atoms with E-state index in [0.29, 0.717) is 18.0 Å². The highest BCUT2D eigenvalue weighted by Gasteiger charge is 2.09. The molecule has 4 nitrogen and oxygen atoms in total. The molecule has 1 aromatic rings. The zero-order valence-corrected chi connectivity index (χ0v) is 7.70. The third-order valence-corrected chi connectivity index (χ3v) is 1.78. The summed E-state index contributed by atoms with van der Waals surface area (Å²) in [6.45, 7) is 0.382. The molecule has 0 radical (unpaired) electrons. The van der Waals surface area contributed by atoms with Crippen LogP contribution in [0.25, 0.3) is 0 Å². The SMILES string of the molecule is COc1cc(CN)cc(OC)c1O. The van der Waals surface area contributed by atoms with Gasteiger partial charge in [-0.2, -0.15) is 0 Å². The first-order chi connectivity index (χ1) is 6.22. The minimum absolute atomic E-state index is 0.00204. The molecule has 0 saturated heterocycles. The highest BCUT2D eigenvalue weighted by molar-refractivity contribution is 5.52. The largest absolute Gasteiger partial charge is 0.502 e. The van der Waals surface area contributed by atoms with Gasteiger partial charge < -0.3 is 20.3 Å². The highest BCUT2D eigenvalue weighted by Crippen LogP contribution is 2.36. The normalized spacial score (nSPS) is 9.77. The summed E-state index contributed by atoms with van der Waals surface area (Å²) >= 11 is 0. The van der Waals surface area contributed by atoms with E-state index < -0.39 is 0 Å². The van der Waals surface area contributed by atoms with Gasteiger partial charge >= 0.3 is 0 Å². The van der Waals surface area contributed by atoms with Crippen LogP contribution in [0.3, 0.4) is 0 Å². The van der Waals surface area contributed by atoms with Crippen LogP contribution < -0.4 is 15.2 Å². The summed E-state index contributed by atoms with van der Waals surface area (Å²) in [5.74, 6) is 0.752. The molecular weight excluding hydrogens is 170 g/mol. The fourth-order valence-corrected chi connectivity index (χ4v) is 1.07. The van der Waals surface area contributed by atoms with E-state index in [1.807, 2.05) is 0 Å². The van der Waals surface area contributed by atoms with Crippen molar-refractivity contribution < 1.29 is 14.6 Å². The van der Waals surface area contributed by atoms with Crippen molar-refractivity contribution in [2.75, 3.05) is 14.2 Å². The second kappa shape index (κ2) is 4.00. The minimum atomic E-state index is 0.00204. The lowest BCUT2D eigenvalue weighted by Crippen LogP contribution is -1.98. The standard InChI is InChI=1S/C9H13NO3/c1-12-7-3-6(5-10)4-8(13-2)9(7)11/h3-4,11H,5,10H2,1-2H3. The zero-order chi connectivity index (χ0) is 9.84. The predicted octanol–water partition coefficient (Wildman–Crippen LogP) is 0.868. The lowest BCUT2D eigenvalue weighted by atomic mass is 10.2. The molecule has 4 heteroatoms. The maximum Gasteiger partial charge on any atom is 0.200 e. The first-order valence-corrected chi connectivity index (χ1v) is 3.86. The Balaban J connectivity index is 3.20. The van der Waals surface area contributed by atoms with Crippen molar-refractivity contribution in [3.8, 4) is 17.2 Å². The van der Waals surface area contributed by atoms with Crippen LogP contribution in [0.2, 0.25) is 0 Å². The second-order valence-electron chi connectivity index (χ2n) is 2.55. The number of phenolic OH excluding ortho intramolecular Hbond substituents is 1. The van der Waals surface area contributed by atoms with Crippen LogP contribution in [0.4, 0.5) is 0 Å². The van der Waals surface area contributed by atoms with Crippen LogP contribution in [0.1, 0.15) is 5.56 Å². The van der Waals surface area contributed by atoms with E-state index in [1.54, 1.807) is 12.1 Å². The van der Waals surface area contributed by atoms with E-state index in [9.17, 15) is 5.11 Å². The Kier molecular flexibility index (Phi) is 2.97. The number of phenols is 1. The molecule has 0 aliphatic carbocycles. The van der Waals surface area contributed by atoms with Gasteiger partial charge in [0.1, 0.15) is 0 Å². The minimum Gasteiger partial charge on any atom is -0.502 e. The van der Waals surface area contributed by atoms with Crippen LogP contribution in [0.5, 0.6) is 17.2 Å². The number of nitrogens with two attached hydrogens (primary N) is 1. The summed E-state index contributed by atoms with van der Waals surface area (Å²) in [6, 6.07) is 3.36. The monoisotopic (exact) mass is 183 g/mol. The van der Waals surface area contributed by atoms with E-state index in [2.05, 4.69) is 0 Å². The van der Waals surface area contributed by atoms with E-state index in [0.717, 1.165) is 5.56 Å². The van der Waals surface area contributed by atoms with Crippen molar-refractivity contribution >= 4 is 0 Å². The van der Waals surface area contributed by atoms with E-state index in [1.165, 1.54) is 14.2 Å². The van der Waals surface area contributed by atoms with Crippen molar-refractivity contribution in [2.24, 2.45) is 5.73 Å². The van der Waals surface area contributed by atoms with E-state index >= 15 is 0 Å². The lowest BCUT2D eigenvalue weighted by molar-refractivity contribution is 0.339. The van der Waals surface area contributed by atoms with Crippen LogP contribution in [-0.2, 0) is 6.54 Å². The first kappa shape index (κ1) is 9.67. The van der Waals surface area contributed by atoms with Crippen molar-refractivity contribution in [3.05, 3.63) is 17.7 Å². The fourth-order valence-electron chi connectivity index (χ4n) is 1.07. The average Bonchev–Trinajstić information content (AvgIpc) is 2.18. The van der Waals surface area contributed by atoms with Crippen molar-refractivity contribution in [1.29, 1.82) is 0 Å². The molecule has 0 atom stereocenters. The number of methoxy groups -OCH3 is 2. The topological polar surface area (TPSA) is 64.7 Å².